The van der Waals surface area contributed by atoms with Crippen LogP contribution in [0.4, 0.5) is 4.79 Å². The van der Waals surface area contributed by atoms with E-state index in [1.807, 2.05) is 32.9 Å². The maximum atomic E-state index is 11.5. The van der Waals surface area contributed by atoms with Crippen molar-refractivity contribution in [1.82, 2.24) is 5.32 Å². The predicted molar refractivity (Wildman–Crippen MR) is 92.8 cm³/mol. The molecule has 0 bridgehead atoms. The zero-order valence-corrected chi connectivity index (χ0v) is 14.8. The Kier molecular flexibility index (Phi) is 7.30. The Morgan fingerprint density at radius 1 is 1.21 bits per heavy atom. The highest BCUT2D eigenvalue weighted by atomic mass is 16.6. The number of amides is 1. The zero-order chi connectivity index (χ0) is 18.2. The number of aldehydes is 1. The number of ether oxygens (including phenoxy) is 3. The van der Waals surface area contributed by atoms with Gasteiger partial charge in [0.25, 0.3) is 0 Å². The molecule has 0 aromatic heterocycles. The molecule has 1 N–H and O–H groups in total. The van der Waals surface area contributed by atoms with E-state index in [1.165, 1.54) is 7.11 Å². The van der Waals surface area contributed by atoms with Crippen molar-refractivity contribution in [2.24, 2.45) is 0 Å². The van der Waals surface area contributed by atoms with Crippen LogP contribution in [0.2, 0.25) is 0 Å². The third-order valence-electron chi connectivity index (χ3n) is 2.94. The Balaban J connectivity index is 2.67. The highest BCUT2D eigenvalue weighted by Crippen LogP contribution is 2.33. The van der Waals surface area contributed by atoms with Gasteiger partial charge in [0.2, 0.25) is 0 Å². The monoisotopic (exact) mass is 335 g/mol. The van der Waals surface area contributed by atoms with Crippen molar-refractivity contribution in [2.45, 2.75) is 32.8 Å². The van der Waals surface area contributed by atoms with E-state index in [4.69, 9.17) is 14.2 Å². The maximum Gasteiger partial charge on any atom is 0.407 e. The molecule has 1 aromatic rings. The number of hydrogen-bond donors (Lipinski definition) is 1. The molecule has 0 aliphatic carbocycles. The Labute approximate surface area is 142 Å². The number of rotatable bonds is 7. The Hall–Kier alpha value is -2.50. The van der Waals surface area contributed by atoms with Gasteiger partial charge in [-0.15, -0.1) is 0 Å². The maximum absolute atomic E-state index is 11.5. The molecule has 0 radical (unpaired) electrons. The fraction of sp³-hybridized carbons (Fsp3) is 0.444. The number of alkyl carbamates (subject to hydrolysis) is 1. The molecule has 24 heavy (non-hydrogen) atoms. The van der Waals surface area contributed by atoms with E-state index in [0.29, 0.717) is 30.0 Å². The molecular weight excluding hydrogens is 310 g/mol. The fourth-order valence-corrected chi connectivity index (χ4v) is 1.99. The molecule has 132 valence electrons. The van der Waals surface area contributed by atoms with E-state index in [-0.39, 0.29) is 0 Å². The average molecular weight is 335 g/mol. The van der Waals surface area contributed by atoms with Gasteiger partial charge in [0.1, 0.15) is 11.9 Å². The summed E-state index contributed by atoms with van der Waals surface area (Å²) in [5, 5.41) is 2.67. The predicted octanol–water partition coefficient (Wildman–Crippen LogP) is 3.44. The van der Waals surface area contributed by atoms with E-state index in [1.54, 1.807) is 19.2 Å². The first kappa shape index (κ1) is 19.5. The van der Waals surface area contributed by atoms with E-state index in [2.05, 4.69) is 5.32 Å². The summed E-state index contributed by atoms with van der Waals surface area (Å²) in [6, 6.07) is 3.33. The Bertz CT molecular complexity index is 602. The van der Waals surface area contributed by atoms with Crippen molar-refractivity contribution in [3.8, 4) is 11.5 Å². The summed E-state index contributed by atoms with van der Waals surface area (Å²) in [4.78, 5) is 22.5. The molecule has 0 unspecified atom stereocenters. The minimum absolute atomic E-state index is 0.443. The summed E-state index contributed by atoms with van der Waals surface area (Å²) >= 11 is 0. The number of carbonyl (C=O) groups is 2. The molecule has 0 saturated heterocycles. The molecule has 0 spiro atoms. The first-order valence-electron chi connectivity index (χ1n) is 7.65. The van der Waals surface area contributed by atoms with E-state index in [0.717, 1.165) is 11.8 Å². The molecule has 1 rings (SSSR count). The van der Waals surface area contributed by atoms with Crippen LogP contribution in [0, 0.1) is 0 Å². The van der Waals surface area contributed by atoms with Crippen molar-refractivity contribution >= 4 is 18.5 Å². The minimum atomic E-state index is -0.515. The summed E-state index contributed by atoms with van der Waals surface area (Å²) in [7, 11) is 3.06. The molecule has 0 heterocycles. The van der Waals surface area contributed by atoms with Gasteiger partial charge in [-0.25, -0.2) is 4.79 Å². The second-order valence-electron chi connectivity index (χ2n) is 6.08. The van der Waals surface area contributed by atoms with Crippen molar-refractivity contribution in [2.75, 3.05) is 20.8 Å². The van der Waals surface area contributed by atoms with Crippen LogP contribution in [0.1, 0.15) is 43.1 Å². The van der Waals surface area contributed by atoms with Crippen LogP contribution < -0.4 is 14.8 Å². The quantitative estimate of drug-likeness (QED) is 0.610. The van der Waals surface area contributed by atoms with Crippen LogP contribution >= 0.6 is 0 Å². The second kappa shape index (κ2) is 8.96. The topological polar surface area (TPSA) is 73.9 Å². The largest absolute Gasteiger partial charge is 0.493 e. The summed E-state index contributed by atoms with van der Waals surface area (Å²) < 4.78 is 15.7. The molecule has 6 nitrogen and oxygen atoms in total. The van der Waals surface area contributed by atoms with Gasteiger partial charge in [0.15, 0.2) is 11.5 Å². The normalized spacial score (nSPS) is 11.2. The summed E-state index contributed by atoms with van der Waals surface area (Å²) in [6.07, 6.45) is 4.62. The second-order valence-corrected chi connectivity index (χ2v) is 6.08. The summed E-state index contributed by atoms with van der Waals surface area (Å²) in [5.74, 6) is 1.05. The van der Waals surface area contributed by atoms with Crippen LogP contribution in [0.15, 0.2) is 18.2 Å². The first-order chi connectivity index (χ1) is 11.3. The third-order valence-corrected chi connectivity index (χ3v) is 2.94. The molecule has 0 aliphatic heterocycles. The van der Waals surface area contributed by atoms with Crippen molar-refractivity contribution in [1.29, 1.82) is 0 Å². The van der Waals surface area contributed by atoms with Crippen molar-refractivity contribution < 1.29 is 23.8 Å². The lowest BCUT2D eigenvalue weighted by Crippen LogP contribution is -2.32. The number of carbonyl (C=O) groups excluding carboxylic acids is 2. The van der Waals surface area contributed by atoms with E-state index in [9.17, 15) is 9.59 Å². The van der Waals surface area contributed by atoms with Gasteiger partial charge in [-0.2, -0.15) is 0 Å². The van der Waals surface area contributed by atoms with Crippen molar-refractivity contribution in [3.63, 3.8) is 0 Å². The molecule has 0 aliphatic rings. The lowest BCUT2D eigenvalue weighted by molar-refractivity contribution is 0.0528. The number of hydrogen-bond acceptors (Lipinski definition) is 5. The van der Waals surface area contributed by atoms with Crippen molar-refractivity contribution in [3.05, 3.63) is 29.3 Å². The molecule has 6 heteroatoms. The van der Waals surface area contributed by atoms with Gasteiger partial charge in [-0.3, -0.25) is 4.79 Å². The standard InChI is InChI=1S/C18H25NO5/c1-18(2,3)24-17(21)19-9-7-6-8-14-10-13(12-20)11-15(22-4)16(14)23-5/h6,8,10-12H,7,9H2,1-5H3,(H,19,21). The molecule has 1 amide bonds. The average Bonchev–Trinajstić information content (AvgIpc) is 2.51. The smallest absolute Gasteiger partial charge is 0.407 e. The minimum Gasteiger partial charge on any atom is -0.493 e. The van der Waals surface area contributed by atoms with Gasteiger partial charge in [-0.05, 0) is 39.3 Å². The summed E-state index contributed by atoms with van der Waals surface area (Å²) in [5.41, 5.74) is 0.717. The number of benzene rings is 1. The van der Waals surface area contributed by atoms with E-state index >= 15 is 0 Å². The van der Waals surface area contributed by atoms with Crippen LogP contribution in [0.5, 0.6) is 11.5 Å². The van der Waals surface area contributed by atoms with Gasteiger partial charge >= 0.3 is 6.09 Å². The molecule has 1 aromatic carbocycles. The molecule has 0 fully saturated rings. The lowest BCUT2D eigenvalue weighted by atomic mass is 10.1. The van der Waals surface area contributed by atoms with Gasteiger partial charge in [-0.1, -0.05) is 12.2 Å². The van der Waals surface area contributed by atoms with Crippen LogP contribution in [0.25, 0.3) is 6.08 Å². The highest BCUT2D eigenvalue weighted by Gasteiger charge is 2.15. The SMILES string of the molecule is COc1cc(C=O)cc(C=CCCNC(=O)OC(C)(C)C)c1OC. The van der Waals surface area contributed by atoms with Gasteiger partial charge in [0, 0.05) is 17.7 Å². The lowest BCUT2D eigenvalue weighted by Gasteiger charge is -2.19. The number of methoxy groups -OCH3 is 2. The molecule has 0 atom stereocenters. The van der Waals surface area contributed by atoms with Gasteiger partial charge < -0.3 is 19.5 Å². The molecule has 0 saturated carbocycles. The molecular formula is C18H25NO5. The van der Waals surface area contributed by atoms with Crippen LogP contribution in [-0.2, 0) is 4.74 Å². The first-order valence-corrected chi connectivity index (χ1v) is 7.65. The summed E-state index contributed by atoms with van der Waals surface area (Å²) in [6.45, 7) is 5.88. The third kappa shape index (κ3) is 6.32. The van der Waals surface area contributed by atoms with E-state index < -0.39 is 11.7 Å². The highest BCUT2D eigenvalue weighted by molar-refractivity contribution is 5.80. The Morgan fingerprint density at radius 3 is 2.46 bits per heavy atom. The number of nitrogens with one attached hydrogen (secondary N) is 1. The zero-order valence-electron chi connectivity index (χ0n) is 14.8. The fourth-order valence-electron chi connectivity index (χ4n) is 1.99. The van der Waals surface area contributed by atoms with Crippen LogP contribution in [0.3, 0.4) is 0 Å². The Morgan fingerprint density at radius 2 is 1.92 bits per heavy atom. The van der Waals surface area contributed by atoms with Crippen LogP contribution in [-0.4, -0.2) is 38.7 Å². The van der Waals surface area contributed by atoms with Gasteiger partial charge in [0.05, 0.1) is 14.2 Å².